The van der Waals surface area contributed by atoms with E-state index in [-0.39, 0.29) is 24.5 Å². The van der Waals surface area contributed by atoms with Crippen molar-refractivity contribution >= 4 is 5.91 Å². The molecule has 1 aromatic carbocycles. The van der Waals surface area contributed by atoms with E-state index in [9.17, 15) is 4.79 Å². The second-order valence-corrected chi connectivity index (χ2v) is 4.65. The Bertz CT molecular complexity index is 454. The van der Waals surface area contributed by atoms with Crippen molar-refractivity contribution < 1.29 is 9.90 Å². The largest absolute Gasteiger partial charge is 0.396 e. The van der Waals surface area contributed by atoms with Gasteiger partial charge in [-0.2, -0.15) is 0 Å². The van der Waals surface area contributed by atoms with E-state index >= 15 is 0 Å². The molecular formula is C15H19NO2. The molecule has 0 fully saturated rings. The molecule has 0 aromatic heterocycles. The van der Waals surface area contributed by atoms with Crippen molar-refractivity contribution in [1.29, 1.82) is 0 Å². The lowest BCUT2D eigenvalue weighted by atomic mass is 10.0. The van der Waals surface area contributed by atoms with Gasteiger partial charge in [-0.25, -0.2) is 0 Å². The first-order valence-electron chi connectivity index (χ1n) is 6.42. The minimum absolute atomic E-state index is 0.0271. The third kappa shape index (κ3) is 2.79. The fraction of sp³-hybridized carbons (Fsp3) is 0.400. The lowest BCUT2D eigenvalue weighted by Crippen LogP contribution is -2.33. The van der Waals surface area contributed by atoms with Gasteiger partial charge in [-0.05, 0) is 24.5 Å². The highest BCUT2D eigenvalue weighted by Crippen LogP contribution is 2.18. The van der Waals surface area contributed by atoms with E-state index in [2.05, 4.69) is 5.32 Å². The van der Waals surface area contributed by atoms with Crippen LogP contribution in [-0.4, -0.2) is 23.7 Å². The zero-order chi connectivity index (χ0) is 13.0. The third-order valence-corrected chi connectivity index (χ3v) is 3.37. The van der Waals surface area contributed by atoms with E-state index in [4.69, 9.17) is 5.11 Å². The SMILES string of the molecule is CCc1ccccc1C(=O)N[C@@H]1C=C[C@H](CO)C1. The zero-order valence-corrected chi connectivity index (χ0v) is 10.6. The minimum atomic E-state index is -0.0271. The summed E-state index contributed by atoms with van der Waals surface area (Å²) in [6.07, 6.45) is 5.57. The van der Waals surface area contributed by atoms with E-state index in [0.717, 1.165) is 24.0 Å². The van der Waals surface area contributed by atoms with Gasteiger partial charge in [-0.3, -0.25) is 4.79 Å². The first kappa shape index (κ1) is 12.8. The van der Waals surface area contributed by atoms with Gasteiger partial charge < -0.3 is 10.4 Å². The van der Waals surface area contributed by atoms with E-state index in [1.165, 1.54) is 0 Å². The van der Waals surface area contributed by atoms with Crippen molar-refractivity contribution in [2.45, 2.75) is 25.8 Å². The van der Waals surface area contributed by atoms with Gasteiger partial charge in [-0.15, -0.1) is 0 Å². The molecule has 0 bridgehead atoms. The average molecular weight is 245 g/mol. The average Bonchev–Trinajstić information content (AvgIpc) is 2.86. The van der Waals surface area contributed by atoms with Crippen molar-refractivity contribution in [3.63, 3.8) is 0 Å². The van der Waals surface area contributed by atoms with Crippen LogP contribution < -0.4 is 5.32 Å². The van der Waals surface area contributed by atoms with E-state index in [0.29, 0.717) is 0 Å². The Labute approximate surface area is 108 Å². The minimum Gasteiger partial charge on any atom is -0.396 e. The fourth-order valence-electron chi connectivity index (χ4n) is 2.31. The standard InChI is InChI=1S/C15H19NO2/c1-2-12-5-3-4-6-14(12)15(18)16-13-8-7-11(9-13)10-17/h3-8,11,13,17H,2,9-10H2,1H3,(H,16,18)/t11-,13+/m0/s1. The van der Waals surface area contributed by atoms with Crippen LogP contribution in [-0.2, 0) is 6.42 Å². The third-order valence-electron chi connectivity index (χ3n) is 3.37. The molecule has 3 heteroatoms. The molecule has 1 amide bonds. The van der Waals surface area contributed by atoms with Crippen LogP contribution in [0.3, 0.4) is 0 Å². The Morgan fingerprint density at radius 3 is 2.83 bits per heavy atom. The summed E-state index contributed by atoms with van der Waals surface area (Å²) in [6, 6.07) is 7.72. The predicted molar refractivity (Wildman–Crippen MR) is 71.4 cm³/mol. The molecule has 0 saturated heterocycles. The summed E-state index contributed by atoms with van der Waals surface area (Å²) in [5.41, 5.74) is 1.82. The highest BCUT2D eigenvalue weighted by Gasteiger charge is 2.20. The molecule has 0 spiro atoms. The van der Waals surface area contributed by atoms with Crippen molar-refractivity contribution in [3.8, 4) is 0 Å². The monoisotopic (exact) mass is 245 g/mol. The highest BCUT2D eigenvalue weighted by molar-refractivity contribution is 5.96. The summed E-state index contributed by atoms with van der Waals surface area (Å²) in [5, 5.41) is 12.1. The van der Waals surface area contributed by atoms with Crippen LogP contribution in [0.2, 0.25) is 0 Å². The molecule has 96 valence electrons. The predicted octanol–water partition coefficient (Wildman–Crippen LogP) is 1.92. The number of rotatable bonds is 4. The van der Waals surface area contributed by atoms with Gasteiger partial charge in [0.05, 0.1) is 0 Å². The fourth-order valence-corrected chi connectivity index (χ4v) is 2.31. The first-order chi connectivity index (χ1) is 8.74. The molecule has 1 aromatic rings. The highest BCUT2D eigenvalue weighted by atomic mass is 16.3. The van der Waals surface area contributed by atoms with Crippen LogP contribution in [0.5, 0.6) is 0 Å². The number of carbonyl (C=O) groups is 1. The lowest BCUT2D eigenvalue weighted by Gasteiger charge is -2.14. The summed E-state index contributed by atoms with van der Waals surface area (Å²) in [6.45, 7) is 2.19. The Balaban J connectivity index is 2.02. The van der Waals surface area contributed by atoms with Crippen LogP contribution in [0.4, 0.5) is 0 Å². The number of aryl methyl sites for hydroxylation is 1. The number of amides is 1. The number of carbonyl (C=O) groups excluding carboxylic acids is 1. The Morgan fingerprint density at radius 1 is 1.39 bits per heavy atom. The van der Waals surface area contributed by atoms with Crippen LogP contribution in [0.1, 0.15) is 29.3 Å². The normalized spacial score (nSPS) is 22.1. The molecule has 0 heterocycles. The molecule has 2 atom stereocenters. The van der Waals surface area contributed by atoms with Gasteiger partial charge in [0.15, 0.2) is 0 Å². The van der Waals surface area contributed by atoms with Crippen LogP contribution in [0, 0.1) is 5.92 Å². The summed E-state index contributed by atoms with van der Waals surface area (Å²) in [5.74, 6) is 0.150. The molecular weight excluding hydrogens is 226 g/mol. The molecule has 0 radical (unpaired) electrons. The topological polar surface area (TPSA) is 49.3 Å². The summed E-state index contributed by atoms with van der Waals surface area (Å²) >= 11 is 0. The molecule has 18 heavy (non-hydrogen) atoms. The molecule has 0 unspecified atom stereocenters. The first-order valence-corrected chi connectivity index (χ1v) is 6.42. The van der Waals surface area contributed by atoms with Crippen LogP contribution in [0.15, 0.2) is 36.4 Å². The smallest absolute Gasteiger partial charge is 0.252 e. The van der Waals surface area contributed by atoms with Crippen molar-refractivity contribution in [2.75, 3.05) is 6.61 Å². The second kappa shape index (κ2) is 5.83. The Morgan fingerprint density at radius 2 is 2.17 bits per heavy atom. The maximum absolute atomic E-state index is 12.2. The van der Waals surface area contributed by atoms with Gasteiger partial charge in [0.2, 0.25) is 0 Å². The summed E-state index contributed by atoms with van der Waals surface area (Å²) in [7, 11) is 0. The Hall–Kier alpha value is -1.61. The number of aliphatic hydroxyl groups is 1. The number of hydrogen-bond donors (Lipinski definition) is 2. The van der Waals surface area contributed by atoms with Gasteiger partial charge >= 0.3 is 0 Å². The lowest BCUT2D eigenvalue weighted by molar-refractivity contribution is 0.0940. The number of benzene rings is 1. The number of hydrogen-bond acceptors (Lipinski definition) is 2. The Kier molecular flexibility index (Phi) is 4.15. The zero-order valence-electron chi connectivity index (χ0n) is 10.6. The molecule has 0 aliphatic heterocycles. The maximum atomic E-state index is 12.2. The van der Waals surface area contributed by atoms with E-state index in [1.807, 2.05) is 43.3 Å². The molecule has 1 aliphatic carbocycles. The molecule has 1 aliphatic rings. The van der Waals surface area contributed by atoms with E-state index in [1.54, 1.807) is 0 Å². The van der Waals surface area contributed by atoms with Gasteiger partial charge in [-0.1, -0.05) is 37.3 Å². The van der Waals surface area contributed by atoms with E-state index < -0.39 is 0 Å². The van der Waals surface area contributed by atoms with Gasteiger partial charge in [0.1, 0.15) is 0 Å². The number of nitrogens with one attached hydrogen (secondary N) is 1. The van der Waals surface area contributed by atoms with Gasteiger partial charge in [0, 0.05) is 24.1 Å². The van der Waals surface area contributed by atoms with Gasteiger partial charge in [0.25, 0.3) is 5.91 Å². The van der Waals surface area contributed by atoms with Crippen molar-refractivity contribution in [2.24, 2.45) is 5.92 Å². The maximum Gasteiger partial charge on any atom is 0.252 e. The molecule has 0 saturated carbocycles. The summed E-state index contributed by atoms with van der Waals surface area (Å²) < 4.78 is 0. The number of aliphatic hydroxyl groups excluding tert-OH is 1. The van der Waals surface area contributed by atoms with Crippen LogP contribution >= 0.6 is 0 Å². The van der Waals surface area contributed by atoms with Crippen molar-refractivity contribution in [1.82, 2.24) is 5.32 Å². The molecule has 2 N–H and O–H groups in total. The molecule has 2 rings (SSSR count). The second-order valence-electron chi connectivity index (χ2n) is 4.65. The molecule has 3 nitrogen and oxygen atoms in total. The van der Waals surface area contributed by atoms with Crippen molar-refractivity contribution in [3.05, 3.63) is 47.5 Å². The van der Waals surface area contributed by atoms with Crippen LogP contribution in [0.25, 0.3) is 0 Å². The quantitative estimate of drug-likeness (QED) is 0.796. The summed E-state index contributed by atoms with van der Waals surface area (Å²) in [4.78, 5) is 12.2.